The van der Waals surface area contributed by atoms with Crippen LogP contribution < -0.4 is 11.1 Å². The maximum atomic E-state index is 10.7. The second-order valence-electron chi connectivity index (χ2n) is 3.05. The van der Waals surface area contributed by atoms with Crippen LogP contribution in [-0.2, 0) is 24.2 Å². The van der Waals surface area contributed by atoms with Gasteiger partial charge >= 0.3 is 0 Å². The van der Waals surface area contributed by atoms with Crippen LogP contribution in [0.4, 0.5) is 0 Å². The lowest BCUT2D eigenvalue weighted by Crippen LogP contribution is -2.22. The Bertz CT molecular complexity index is 311. The highest BCUT2D eigenvalue weighted by Gasteiger charge is 2.15. The van der Waals surface area contributed by atoms with E-state index in [4.69, 9.17) is 5.73 Å². The molecule has 0 aromatic carbocycles. The lowest BCUT2D eigenvalue weighted by Gasteiger charge is -2.09. The Morgan fingerprint density at radius 1 is 1.69 bits per heavy atom. The van der Waals surface area contributed by atoms with Crippen molar-refractivity contribution in [3.8, 4) is 0 Å². The number of amides is 1. The van der Waals surface area contributed by atoms with Gasteiger partial charge in [0, 0.05) is 24.4 Å². The molecule has 0 unspecified atom stereocenters. The average molecular weight is 197 g/mol. The van der Waals surface area contributed by atoms with E-state index in [1.807, 2.05) is 0 Å². The van der Waals surface area contributed by atoms with Gasteiger partial charge < -0.3 is 11.1 Å². The number of carbonyl (C=O) groups excluding carboxylic acids is 1. The van der Waals surface area contributed by atoms with E-state index in [0.717, 1.165) is 30.2 Å². The van der Waals surface area contributed by atoms with E-state index in [-0.39, 0.29) is 12.3 Å². The van der Waals surface area contributed by atoms with Crippen molar-refractivity contribution in [3.05, 3.63) is 15.6 Å². The van der Waals surface area contributed by atoms with Crippen molar-refractivity contribution in [1.82, 2.24) is 10.3 Å². The third-order valence-corrected chi connectivity index (χ3v) is 3.07. The lowest BCUT2D eigenvalue weighted by atomic mass is 10.2. The highest BCUT2D eigenvalue weighted by Crippen LogP contribution is 2.21. The molecule has 0 saturated carbocycles. The van der Waals surface area contributed by atoms with Crippen LogP contribution in [0.25, 0.3) is 0 Å². The first-order valence-corrected chi connectivity index (χ1v) is 5.04. The van der Waals surface area contributed by atoms with E-state index in [1.54, 1.807) is 11.3 Å². The van der Waals surface area contributed by atoms with Gasteiger partial charge in [-0.1, -0.05) is 0 Å². The molecule has 0 saturated heterocycles. The molecule has 0 fully saturated rings. The molecule has 1 aliphatic heterocycles. The topological polar surface area (TPSA) is 68.0 Å². The summed E-state index contributed by atoms with van der Waals surface area (Å²) in [5.41, 5.74) is 6.23. The van der Waals surface area contributed by atoms with Gasteiger partial charge in [0.15, 0.2) is 0 Å². The zero-order chi connectivity index (χ0) is 9.26. The van der Waals surface area contributed by atoms with Gasteiger partial charge in [0.25, 0.3) is 0 Å². The number of rotatable bonds is 2. The summed E-state index contributed by atoms with van der Waals surface area (Å²) in [6, 6.07) is 0. The molecule has 0 radical (unpaired) electrons. The molecule has 13 heavy (non-hydrogen) atoms. The maximum Gasteiger partial charge on any atom is 0.224 e. The Morgan fingerprint density at radius 2 is 2.54 bits per heavy atom. The molecule has 0 atom stereocenters. The number of nitrogens with two attached hydrogens (primary N) is 1. The summed E-state index contributed by atoms with van der Waals surface area (Å²) in [5.74, 6) is -0.306. The molecule has 0 aliphatic carbocycles. The van der Waals surface area contributed by atoms with E-state index in [9.17, 15) is 4.79 Å². The van der Waals surface area contributed by atoms with Gasteiger partial charge in [-0.15, -0.1) is 11.3 Å². The number of carbonyl (C=O) groups is 1. The number of fused-ring (bicyclic) bond motifs is 1. The van der Waals surface area contributed by atoms with Crippen LogP contribution in [0.1, 0.15) is 15.6 Å². The van der Waals surface area contributed by atoms with Crippen molar-refractivity contribution in [2.45, 2.75) is 19.4 Å². The predicted octanol–water partition coefficient (Wildman–Crippen LogP) is -0.183. The Morgan fingerprint density at radius 3 is 3.23 bits per heavy atom. The summed E-state index contributed by atoms with van der Waals surface area (Å²) < 4.78 is 0. The standard InChI is InChI=1S/C8H11N3OS/c9-7(12)3-8-11-5-1-2-10-4-6(5)13-8/h10H,1-4H2,(H2,9,12). The molecule has 2 heterocycles. The Labute approximate surface area is 80.2 Å². The summed E-state index contributed by atoms with van der Waals surface area (Å²) in [5, 5.41) is 4.11. The van der Waals surface area contributed by atoms with Gasteiger partial charge in [0.2, 0.25) is 5.91 Å². The molecule has 0 spiro atoms. The molecule has 1 aromatic heterocycles. The average Bonchev–Trinajstić information content (AvgIpc) is 2.44. The Balaban J connectivity index is 2.20. The van der Waals surface area contributed by atoms with Gasteiger partial charge in [-0.25, -0.2) is 4.98 Å². The quantitative estimate of drug-likeness (QED) is 0.691. The molecule has 2 rings (SSSR count). The summed E-state index contributed by atoms with van der Waals surface area (Å²) in [7, 11) is 0. The Kier molecular flexibility index (Phi) is 2.28. The zero-order valence-electron chi connectivity index (χ0n) is 7.17. The van der Waals surface area contributed by atoms with Gasteiger partial charge in [0.1, 0.15) is 5.01 Å². The predicted molar refractivity (Wildman–Crippen MR) is 50.4 cm³/mol. The number of primary amides is 1. The van der Waals surface area contributed by atoms with E-state index >= 15 is 0 Å². The molecule has 4 nitrogen and oxygen atoms in total. The molecule has 1 aliphatic rings. The monoisotopic (exact) mass is 197 g/mol. The molecule has 1 aromatic rings. The Hall–Kier alpha value is -0.940. The van der Waals surface area contributed by atoms with Crippen LogP contribution in [0.3, 0.4) is 0 Å². The number of nitrogens with zero attached hydrogens (tertiary/aromatic N) is 1. The fourth-order valence-corrected chi connectivity index (χ4v) is 2.50. The van der Waals surface area contributed by atoms with Gasteiger partial charge in [-0.05, 0) is 0 Å². The molecular weight excluding hydrogens is 186 g/mol. The van der Waals surface area contributed by atoms with Gasteiger partial charge in [-0.3, -0.25) is 4.79 Å². The van der Waals surface area contributed by atoms with Crippen molar-refractivity contribution in [3.63, 3.8) is 0 Å². The van der Waals surface area contributed by atoms with Crippen LogP contribution in [-0.4, -0.2) is 17.4 Å². The first-order valence-electron chi connectivity index (χ1n) is 4.22. The molecule has 3 N–H and O–H groups in total. The third kappa shape index (κ3) is 1.87. The minimum Gasteiger partial charge on any atom is -0.369 e. The van der Waals surface area contributed by atoms with E-state index < -0.39 is 0 Å². The zero-order valence-corrected chi connectivity index (χ0v) is 7.99. The largest absolute Gasteiger partial charge is 0.369 e. The summed E-state index contributed by atoms with van der Waals surface area (Å²) in [6.07, 6.45) is 1.24. The fraction of sp³-hybridized carbons (Fsp3) is 0.500. The molecule has 5 heteroatoms. The fourth-order valence-electron chi connectivity index (χ4n) is 1.40. The summed E-state index contributed by atoms with van der Waals surface area (Å²) in [4.78, 5) is 16.3. The number of hydrogen-bond acceptors (Lipinski definition) is 4. The SMILES string of the molecule is NC(=O)Cc1nc2c(s1)CNCC2. The van der Waals surface area contributed by atoms with E-state index in [1.165, 1.54) is 4.88 Å². The molecule has 70 valence electrons. The highest BCUT2D eigenvalue weighted by molar-refractivity contribution is 7.11. The second-order valence-corrected chi connectivity index (χ2v) is 4.22. The number of aromatic nitrogens is 1. The normalized spacial score (nSPS) is 15.4. The van der Waals surface area contributed by atoms with Crippen LogP contribution in [0.15, 0.2) is 0 Å². The highest BCUT2D eigenvalue weighted by atomic mass is 32.1. The lowest BCUT2D eigenvalue weighted by molar-refractivity contribution is -0.117. The van der Waals surface area contributed by atoms with Crippen LogP contribution >= 0.6 is 11.3 Å². The molecular formula is C8H11N3OS. The van der Waals surface area contributed by atoms with Gasteiger partial charge in [-0.2, -0.15) is 0 Å². The molecule has 0 bridgehead atoms. The van der Waals surface area contributed by atoms with Crippen molar-refractivity contribution in [2.75, 3.05) is 6.54 Å². The minimum absolute atomic E-state index is 0.275. The van der Waals surface area contributed by atoms with Crippen molar-refractivity contribution in [2.24, 2.45) is 5.73 Å². The van der Waals surface area contributed by atoms with Gasteiger partial charge in [0.05, 0.1) is 12.1 Å². The van der Waals surface area contributed by atoms with Crippen molar-refractivity contribution < 1.29 is 4.79 Å². The minimum atomic E-state index is -0.306. The number of thiazole rings is 1. The van der Waals surface area contributed by atoms with Crippen LogP contribution in [0.2, 0.25) is 0 Å². The molecule has 1 amide bonds. The van der Waals surface area contributed by atoms with Crippen molar-refractivity contribution >= 4 is 17.2 Å². The summed E-state index contributed by atoms with van der Waals surface area (Å²) >= 11 is 1.59. The van der Waals surface area contributed by atoms with E-state index in [2.05, 4.69) is 10.3 Å². The summed E-state index contributed by atoms with van der Waals surface area (Å²) in [6.45, 7) is 1.86. The number of hydrogen-bond donors (Lipinski definition) is 2. The van der Waals surface area contributed by atoms with Crippen LogP contribution in [0, 0.1) is 0 Å². The van der Waals surface area contributed by atoms with Crippen LogP contribution in [0.5, 0.6) is 0 Å². The second kappa shape index (κ2) is 3.43. The number of nitrogens with one attached hydrogen (secondary N) is 1. The maximum absolute atomic E-state index is 10.7. The first-order chi connectivity index (χ1) is 6.25. The third-order valence-electron chi connectivity index (χ3n) is 1.97. The van der Waals surface area contributed by atoms with E-state index in [0.29, 0.717) is 0 Å². The smallest absolute Gasteiger partial charge is 0.224 e. The first kappa shape index (κ1) is 8.65. The van der Waals surface area contributed by atoms with Crippen molar-refractivity contribution in [1.29, 1.82) is 0 Å².